The summed E-state index contributed by atoms with van der Waals surface area (Å²) in [5.74, 6) is -0.286. The lowest BCUT2D eigenvalue weighted by atomic mass is 9.91. The lowest BCUT2D eigenvalue weighted by Crippen LogP contribution is -2.41. The lowest BCUT2D eigenvalue weighted by Gasteiger charge is -2.22. The van der Waals surface area contributed by atoms with E-state index < -0.39 is 11.6 Å². The van der Waals surface area contributed by atoms with Crippen molar-refractivity contribution in [3.63, 3.8) is 0 Å². The Balaban J connectivity index is 1.78. The molecule has 1 saturated heterocycles. The molecule has 1 aromatic heterocycles. The number of urea groups is 1. The standard InChI is InChI=1S/C18H16N4O2/c1-18(15-4-2-14(12-19)3-5-15)16(23)22(17(24)21-18)11-8-13-6-9-20-10-7-13/h2-7,9-10H,8,11H2,1H3,(H,21,24). The Morgan fingerprint density at radius 2 is 1.83 bits per heavy atom. The zero-order valence-corrected chi connectivity index (χ0v) is 13.2. The van der Waals surface area contributed by atoms with Gasteiger partial charge in [0.05, 0.1) is 11.6 Å². The third-order valence-electron chi connectivity index (χ3n) is 4.24. The van der Waals surface area contributed by atoms with Crippen molar-refractivity contribution >= 4 is 11.9 Å². The van der Waals surface area contributed by atoms with Gasteiger partial charge in [-0.05, 0) is 48.7 Å². The number of imide groups is 1. The van der Waals surface area contributed by atoms with Crippen LogP contribution in [0.1, 0.15) is 23.6 Å². The minimum absolute atomic E-state index is 0.286. The SMILES string of the molecule is CC1(c2ccc(C#N)cc2)NC(=O)N(CCc2ccncc2)C1=O. The highest BCUT2D eigenvalue weighted by atomic mass is 16.2. The number of nitrogens with zero attached hydrogens (tertiary/aromatic N) is 3. The van der Waals surface area contributed by atoms with Gasteiger partial charge >= 0.3 is 6.03 Å². The average Bonchev–Trinajstić information content (AvgIpc) is 2.84. The molecule has 0 bridgehead atoms. The quantitative estimate of drug-likeness (QED) is 0.873. The molecule has 6 heteroatoms. The normalized spacial score (nSPS) is 19.9. The van der Waals surface area contributed by atoms with Crippen LogP contribution in [0.25, 0.3) is 0 Å². The van der Waals surface area contributed by atoms with Gasteiger partial charge in [-0.1, -0.05) is 12.1 Å². The number of carbonyl (C=O) groups is 2. The van der Waals surface area contributed by atoms with Crippen LogP contribution in [0.4, 0.5) is 4.79 Å². The Labute approximate surface area is 139 Å². The van der Waals surface area contributed by atoms with E-state index in [2.05, 4.69) is 10.3 Å². The van der Waals surface area contributed by atoms with Gasteiger partial charge in [0.2, 0.25) is 0 Å². The number of benzene rings is 1. The maximum absolute atomic E-state index is 12.8. The fraction of sp³-hybridized carbons (Fsp3) is 0.222. The van der Waals surface area contributed by atoms with Gasteiger partial charge in [-0.3, -0.25) is 14.7 Å². The largest absolute Gasteiger partial charge is 0.325 e. The molecular weight excluding hydrogens is 304 g/mol. The van der Waals surface area contributed by atoms with Crippen LogP contribution in [0.2, 0.25) is 0 Å². The van der Waals surface area contributed by atoms with Crippen molar-refractivity contribution in [2.24, 2.45) is 0 Å². The summed E-state index contributed by atoms with van der Waals surface area (Å²) in [5, 5.41) is 11.6. The van der Waals surface area contributed by atoms with E-state index in [1.165, 1.54) is 4.90 Å². The van der Waals surface area contributed by atoms with E-state index >= 15 is 0 Å². The van der Waals surface area contributed by atoms with Crippen LogP contribution in [-0.4, -0.2) is 28.4 Å². The maximum atomic E-state index is 12.8. The number of hydrogen-bond acceptors (Lipinski definition) is 4. The van der Waals surface area contributed by atoms with Crippen LogP contribution in [0.5, 0.6) is 0 Å². The Kier molecular flexibility index (Phi) is 4.00. The zero-order chi connectivity index (χ0) is 17.2. The summed E-state index contributed by atoms with van der Waals surface area (Å²) in [5.41, 5.74) is 1.07. The van der Waals surface area contributed by atoms with Crippen LogP contribution in [0.3, 0.4) is 0 Å². The van der Waals surface area contributed by atoms with E-state index in [1.807, 2.05) is 18.2 Å². The van der Waals surface area contributed by atoms with Gasteiger partial charge in [0.15, 0.2) is 0 Å². The van der Waals surface area contributed by atoms with Gasteiger partial charge < -0.3 is 5.32 Å². The van der Waals surface area contributed by atoms with Crippen molar-refractivity contribution in [1.29, 1.82) is 5.26 Å². The number of rotatable bonds is 4. The van der Waals surface area contributed by atoms with Crippen LogP contribution < -0.4 is 5.32 Å². The highest BCUT2D eigenvalue weighted by Gasteiger charge is 2.48. The Hall–Kier alpha value is -3.20. The van der Waals surface area contributed by atoms with Gasteiger partial charge in [0, 0.05) is 18.9 Å². The third-order valence-corrected chi connectivity index (χ3v) is 4.24. The Morgan fingerprint density at radius 3 is 2.46 bits per heavy atom. The predicted molar refractivity (Wildman–Crippen MR) is 86.7 cm³/mol. The molecule has 6 nitrogen and oxygen atoms in total. The number of amides is 3. The van der Waals surface area contributed by atoms with Crippen LogP contribution in [0, 0.1) is 11.3 Å². The van der Waals surface area contributed by atoms with Gasteiger partial charge in [-0.2, -0.15) is 5.26 Å². The van der Waals surface area contributed by atoms with Gasteiger partial charge in [0.25, 0.3) is 5.91 Å². The summed E-state index contributed by atoms with van der Waals surface area (Å²) in [4.78, 5) is 30.2. The summed E-state index contributed by atoms with van der Waals surface area (Å²) in [6, 6.07) is 12.0. The number of hydrogen-bond donors (Lipinski definition) is 1. The fourth-order valence-corrected chi connectivity index (χ4v) is 2.76. The van der Waals surface area contributed by atoms with Gasteiger partial charge in [0.1, 0.15) is 5.54 Å². The second-order valence-electron chi connectivity index (χ2n) is 5.81. The zero-order valence-electron chi connectivity index (χ0n) is 13.2. The van der Waals surface area contributed by atoms with E-state index in [-0.39, 0.29) is 5.91 Å². The Bertz CT molecular complexity index is 811. The minimum atomic E-state index is -1.11. The summed E-state index contributed by atoms with van der Waals surface area (Å²) in [7, 11) is 0. The van der Waals surface area contributed by atoms with Crippen LogP contribution >= 0.6 is 0 Å². The number of carbonyl (C=O) groups excluding carboxylic acids is 2. The minimum Gasteiger partial charge on any atom is -0.319 e. The molecule has 2 heterocycles. The molecule has 1 fully saturated rings. The van der Waals surface area contributed by atoms with Gasteiger partial charge in [-0.15, -0.1) is 0 Å². The molecule has 3 amide bonds. The summed E-state index contributed by atoms with van der Waals surface area (Å²) < 4.78 is 0. The Morgan fingerprint density at radius 1 is 1.17 bits per heavy atom. The lowest BCUT2D eigenvalue weighted by molar-refractivity contribution is -0.131. The summed E-state index contributed by atoms with van der Waals surface area (Å²) >= 11 is 0. The van der Waals surface area contributed by atoms with Gasteiger partial charge in [-0.25, -0.2) is 4.79 Å². The second kappa shape index (κ2) is 6.13. The maximum Gasteiger partial charge on any atom is 0.325 e. The number of nitriles is 1. The highest BCUT2D eigenvalue weighted by Crippen LogP contribution is 2.29. The molecule has 1 aliphatic heterocycles. The molecule has 0 aliphatic carbocycles. The first-order valence-corrected chi connectivity index (χ1v) is 7.58. The highest BCUT2D eigenvalue weighted by molar-refractivity contribution is 6.07. The first kappa shape index (κ1) is 15.7. The third kappa shape index (κ3) is 2.72. The monoisotopic (exact) mass is 320 g/mol. The topological polar surface area (TPSA) is 86.1 Å². The molecule has 1 aromatic carbocycles. The summed E-state index contributed by atoms with van der Waals surface area (Å²) in [6.07, 6.45) is 3.94. The molecule has 1 atom stereocenters. The smallest absolute Gasteiger partial charge is 0.319 e. The van der Waals surface area contributed by atoms with Crippen molar-refractivity contribution in [2.45, 2.75) is 18.9 Å². The van der Waals surface area contributed by atoms with Crippen molar-refractivity contribution in [3.8, 4) is 6.07 Å². The van der Waals surface area contributed by atoms with Crippen molar-refractivity contribution in [3.05, 3.63) is 65.5 Å². The molecule has 1 unspecified atom stereocenters. The molecule has 3 rings (SSSR count). The number of aromatic nitrogens is 1. The number of nitrogens with one attached hydrogen (secondary N) is 1. The molecule has 1 aliphatic rings. The molecule has 24 heavy (non-hydrogen) atoms. The molecule has 2 aromatic rings. The molecule has 1 N–H and O–H groups in total. The summed E-state index contributed by atoms with van der Waals surface area (Å²) in [6.45, 7) is 1.99. The van der Waals surface area contributed by atoms with E-state index in [4.69, 9.17) is 5.26 Å². The molecule has 0 spiro atoms. The predicted octanol–water partition coefficient (Wildman–Crippen LogP) is 1.96. The van der Waals surface area contributed by atoms with Crippen molar-refractivity contribution in [1.82, 2.24) is 15.2 Å². The second-order valence-corrected chi connectivity index (χ2v) is 5.81. The molecule has 0 radical (unpaired) electrons. The van der Waals surface area contributed by atoms with E-state index in [1.54, 1.807) is 43.6 Å². The van der Waals surface area contributed by atoms with E-state index in [9.17, 15) is 9.59 Å². The van der Waals surface area contributed by atoms with Crippen molar-refractivity contribution in [2.75, 3.05) is 6.54 Å². The first-order valence-electron chi connectivity index (χ1n) is 7.58. The number of pyridine rings is 1. The van der Waals surface area contributed by atoms with E-state index in [0.29, 0.717) is 24.1 Å². The molecular formula is C18H16N4O2. The van der Waals surface area contributed by atoms with Crippen molar-refractivity contribution < 1.29 is 9.59 Å². The molecule has 120 valence electrons. The first-order chi connectivity index (χ1) is 11.5. The van der Waals surface area contributed by atoms with Crippen LogP contribution in [-0.2, 0) is 16.8 Å². The average molecular weight is 320 g/mol. The van der Waals surface area contributed by atoms with E-state index in [0.717, 1.165) is 5.56 Å². The molecule has 0 saturated carbocycles. The fourth-order valence-electron chi connectivity index (χ4n) is 2.76. The van der Waals surface area contributed by atoms with Crippen LogP contribution in [0.15, 0.2) is 48.8 Å².